The molecule has 0 aromatic carbocycles. The second-order valence-electron chi connectivity index (χ2n) is 3.20. The molecule has 2 aromatic rings. The van der Waals surface area contributed by atoms with Crippen LogP contribution < -0.4 is 5.73 Å². The molecule has 2 N–H and O–H groups in total. The molecular formula is C8H6ClF3N4. The molecule has 0 radical (unpaired) electrons. The molecule has 0 amide bonds. The van der Waals surface area contributed by atoms with Crippen LogP contribution in [0.25, 0.3) is 5.65 Å². The number of rotatable bonds is 1. The van der Waals surface area contributed by atoms with Crippen molar-refractivity contribution in [2.75, 3.05) is 5.73 Å². The summed E-state index contributed by atoms with van der Waals surface area (Å²) in [5.41, 5.74) is 5.45. The van der Waals surface area contributed by atoms with E-state index in [1.807, 2.05) is 0 Å². The van der Waals surface area contributed by atoms with Crippen LogP contribution in [-0.4, -0.2) is 20.8 Å². The van der Waals surface area contributed by atoms with Crippen molar-refractivity contribution >= 4 is 23.1 Å². The number of alkyl halides is 3. The van der Waals surface area contributed by atoms with Crippen molar-refractivity contribution < 1.29 is 13.2 Å². The molecule has 2 heterocycles. The summed E-state index contributed by atoms with van der Waals surface area (Å²) in [4.78, 5) is 3.81. The van der Waals surface area contributed by atoms with E-state index in [0.717, 1.165) is 4.52 Å². The molecule has 0 aliphatic heterocycles. The highest BCUT2D eigenvalue weighted by Crippen LogP contribution is 2.22. The van der Waals surface area contributed by atoms with E-state index in [4.69, 9.17) is 17.3 Å². The Bertz CT molecular complexity index is 534. The molecule has 0 saturated heterocycles. The molecule has 0 bridgehead atoms. The molecular weight excluding hydrogens is 245 g/mol. The van der Waals surface area contributed by atoms with Gasteiger partial charge in [-0.25, -0.2) is 9.50 Å². The lowest BCUT2D eigenvalue weighted by atomic mass is 10.3. The summed E-state index contributed by atoms with van der Waals surface area (Å²) >= 11 is 5.75. The predicted octanol–water partition coefficient (Wildman–Crippen LogP) is 2.07. The number of hydrogen-bond donors (Lipinski definition) is 1. The number of nitrogens with two attached hydrogens (primary N) is 1. The van der Waals surface area contributed by atoms with Gasteiger partial charge in [-0.1, -0.05) is 11.6 Å². The highest BCUT2D eigenvalue weighted by Gasteiger charge is 2.29. The van der Waals surface area contributed by atoms with Crippen LogP contribution >= 0.6 is 11.6 Å². The third-order valence-corrected chi connectivity index (χ3v) is 2.10. The van der Waals surface area contributed by atoms with Crippen LogP contribution in [0.5, 0.6) is 0 Å². The first-order valence-electron chi connectivity index (χ1n) is 4.22. The zero-order valence-corrected chi connectivity index (χ0v) is 8.55. The minimum Gasteiger partial charge on any atom is -0.384 e. The normalized spacial score (nSPS) is 12.2. The minimum absolute atomic E-state index is 0.121. The first-order chi connectivity index (χ1) is 7.35. The molecule has 16 heavy (non-hydrogen) atoms. The minimum atomic E-state index is -4.31. The van der Waals surface area contributed by atoms with E-state index in [1.54, 1.807) is 0 Å². The van der Waals surface area contributed by atoms with Crippen LogP contribution in [0.2, 0.25) is 5.15 Å². The first kappa shape index (κ1) is 11.0. The Morgan fingerprint density at radius 3 is 2.69 bits per heavy atom. The Kier molecular flexibility index (Phi) is 2.42. The molecule has 8 heteroatoms. The van der Waals surface area contributed by atoms with Gasteiger partial charge in [0.15, 0.2) is 5.65 Å². The molecule has 0 aliphatic carbocycles. The van der Waals surface area contributed by atoms with Crippen molar-refractivity contribution in [3.8, 4) is 0 Å². The lowest BCUT2D eigenvalue weighted by Crippen LogP contribution is -2.11. The third-order valence-electron chi connectivity index (χ3n) is 1.84. The SMILES string of the molecule is Nc1cc(Cl)n2nc(CC(F)(F)F)cc2n1. The number of hydrogen-bond acceptors (Lipinski definition) is 3. The zero-order valence-electron chi connectivity index (χ0n) is 7.79. The van der Waals surface area contributed by atoms with Gasteiger partial charge in [-0.05, 0) is 0 Å². The predicted molar refractivity (Wildman–Crippen MR) is 52.2 cm³/mol. The van der Waals surface area contributed by atoms with Crippen molar-refractivity contribution in [1.29, 1.82) is 0 Å². The van der Waals surface area contributed by atoms with Crippen LogP contribution in [0.4, 0.5) is 19.0 Å². The van der Waals surface area contributed by atoms with Gasteiger partial charge in [-0.15, -0.1) is 0 Å². The lowest BCUT2D eigenvalue weighted by Gasteiger charge is -2.01. The Morgan fingerprint density at radius 1 is 1.38 bits per heavy atom. The van der Waals surface area contributed by atoms with E-state index in [-0.39, 0.29) is 22.3 Å². The van der Waals surface area contributed by atoms with Crippen molar-refractivity contribution in [2.45, 2.75) is 12.6 Å². The molecule has 0 aliphatic rings. The van der Waals surface area contributed by atoms with Crippen molar-refractivity contribution in [3.05, 3.63) is 23.0 Å². The van der Waals surface area contributed by atoms with Crippen molar-refractivity contribution in [3.63, 3.8) is 0 Å². The largest absolute Gasteiger partial charge is 0.394 e. The summed E-state index contributed by atoms with van der Waals surface area (Å²) in [6, 6.07) is 2.52. The van der Waals surface area contributed by atoms with Crippen LogP contribution in [0.15, 0.2) is 12.1 Å². The van der Waals surface area contributed by atoms with Gasteiger partial charge in [0.25, 0.3) is 0 Å². The average molecular weight is 251 g/mol. The maximum atomic E-state index is 12.1. The summed E-state index contributed by atoms with van der Waals surface area (Å²) in [7, 11) is 0. The van der Waals surface area contributed by atoms with Gasteiger partial charge in [0, 0.05) is 12.1 Å². The number of halogens is 4. The number of nitrogen functional groups attached to an aromatic ring is 1. The number of aromatic nitrogens is 3. The maximum Gasteiger partial charge on any atom is 0.394 e. The van der Waals surface area contributed by atoms with Gasteiger partial charge < -0.3 is 5.73 Å². The van der Waals surface area contributed by atoms with Crippen molar-refractivity contribution in [1.82, 2.24) is 14.6 Å². The third kappa shape index (κ3) is 2.19. The van der Waals surface area contributed by atoms with Gasteiger partial charge in [-0.2, -0.15) is 18.3 Å². The topological polar surface area (TPSA) is 56.2 Å². The molecule has 2 rings (SSSR count). The van der Waals surface area contributed by atoms with Gasteiger partial charge in [0.05, 0.1) is 12.1 Å². The second kappa shape index (κ2) is 3.51. The second-order valence-corrected chi connectivity index (χ2v) is 3.59. The van der Waals surface area contributed by atoms with Gasteiger partial charge in [0.2, 0.25) is 0 Å². The van der Waals surface area contributed by atoms with Crippen LogP contribution in [0.1, 0.15) is 5.69 Å². The summed E-state index contributed by atoms with van der Waals surface area (Å²) in [6.45, 7) is 0. The highest BCUT2D eigenvalue weighted by molar-refractivity contribution is 6.29. The van der Waals surface area contributed by atoms with Gasteiger partial charge >= 0.3 is 6.18 Å². The smallest absolute Gasteiger partial charge is 0.384 e. The molecule has 0 unspecified atom stereocenters. The fraction of sp³-hybridized carbons (Fsp3) is 0.250. The molecule has 0 spiro atoms. The number of nitrogens with zero attached hydrogens (tertiary/aromatic N) is 3. The lowest BCUT2D eigenvalue weighted by molar-refractivity contribution is -0.127. The molecule has 86 valence electrons. The van der Waals surface area contributed by atoms with E-state index in [2.05, 4.69) is 10.1 Å². The molecule has 2 aromatic heterocycles. The average Bonchev–Trinajstić information content (AvgIpc) is 2.43. The first-order valence-corrected chi connectivity index (χ1v) is 4.60. The van der Waals surface area contributed by atoms with E-state index < -0.39 is 12.6 Å². The van der Waals surface area contributed by atoms with E-state index in [9.17, 15) is 13.2 Å². The molecule has 0 saturated carbocycles. The van der Waals surface area contributed by atoms with Crippen LogP contribution in [0.3, 0.4) is 0 Å². The van der Waals surface area contributed by atoms with E-state index >= 15 is 0 Å². The highest BCUT2D eigenvalue weighted by atomic mass is 35.5. The standard InChI is InChI=1S/C8H6ClF3N4/c9-5-2-6(13)14-7-1-4(15-16(5)7)3-8(10,11)12/h1-2H,3H2,(H2,13,14). The Balaban J connectivity index is 2.48. The van der Waals surface area contributed by atoms with Crippen molar-refractivity contribution in [2.24, 2.45) is 0 Å². The maximum absolute atomic E-state index is 12.1. The summed E-state index contributed by atoms with van der Waals surface area (Å²) in [5.74, 6) is 0.135. The Labute approximate surface area is 92.8 Å². The monoisotopic (exact) mass is 250 g/mol. The number of anilines is 1. The zero-order chi connectivity index (χ0) is 11.9. The fourth-order valence-electron chi connectivity index (χ4n) is 1.30. The Morgan fingerprint density at radius 2 is 2.06 bits per heavy atom. The van der Waals surface area contributed by atoms with Gasteiger partial charge in [0.1, 0.15) is 11.0 Å². The van der Waals surface area contributed by atoms with E-state index in [0.29, 0.717) is 0 Å². The van der Waals surface area contributed by atoms with E-state index in [1.165, 1.54) is 12.1 Å². The summed E-state index contributed by atoms with van der Waals surface area (Å²) < 4.78 is 37.5. The quantitative estimate of drug-likeness (QED) is 0.789. The fourth-order valence-corrected chi connectivity index (χ4v) is 1.53. The van der Waals surface area contributed by atoms with Crippen LogP contribution in [0, 0.1) is 0 Å². The summed E-state index contributed by atoms with van der Waals surface area (Å²) in [6.07, 6.45) is -5.43. The Hall–Kier alpha value is -1.50. The molecule has 4 nitrogen and oxygen atoms in total. The molecule has 0 atom stereocenters. The van der Waals surface area contributed by atoms with Crippen LogP contribution in [-0.2, 0) is 6.42 Å². The summed E-state index contributed by atoms with van der Waals surface area (Å²) in [5, 5.41) is 3.81. The van der Waals surface area contributed by atoms with Gasteiger partial charge in [-0.3, -0.25) is 0 Å². The number of fused-ring (bicyclic) bond motifs is 1. The molecule has 0 fully saturated rings.